The van der Waals surface area contributed by atoms with Crippen molar-refractivity contribution in [3.63, 3.8) is 0 Å². The van der Waals surface area contributed by atoms with Crippen LogP contribution in [0.4, 0.5) is 0 Å². The van der Waals surface area contributed by atoms with E-state index in [1.54, 1.807) is 0 Å². The van der Waals surface area contributed by atoms with Crippen LogP contribution in [0.2, 0.25) is 0 Å². The van der Waals surface area contributed by atoms with E-state index < -0.39 is 0 Å². The molecule has 0 atom stereocenters. The van der Waals surface area contributed by atoms with E-state index in [-0.39, 0.29) is 5.54 Å². The predicted octanol–water partition coefficient (Wildman–Crippen LogP) is 3.46. The molecule has 0 aliphatic heterocycles. The van der Waals surface area contributed by atoms with Gasteiger partial charge in [0.15, 0.2) is 0 Å². The zero-order chi connectivity index (χ0) is 15.4. The number of nitrogens with one attached hydrogen (secondary N) is 2. The van der Waals surface area contributed by atoms with E-state index >= 15 is 0 Å². The molecule has 0 saturated carbocycles. The van der Waals surface area contributed by atoms with E-state index in [9.17, 15) is 0 Å². The fourth-order valence-electron chi connectivity index (χ4n) is 2.23. The van der Waals surface area contributed by atoms with Crippen LogP contribution in [-0.2, 0) is 0 Å². The van der Waals surface area contributed by atoms with Crippen LogP contribution in [0.5, 0.6) is 0 Å². The van der Waals surface area contributed by atoms with Gasteiger partial charge in [-0.15, -0.1) is 0 Å². The summed E-state index contributed by atoms with van der Waals surface area (Å²) in [6, 6.07) is 0. The lowest BCUT2D eigenvalue weighted by molar-refractivity contribution is 0.210. The maximum Gasteiger partial charge on any atom is 0.0484 e. The van der Waals surface area contributed by atoms with E-state index in [2.05, 4.69) is 57.1 Å². The van der Waals surface area contributed by atoms with Gasteiger partial charge in [0.1, 0.15) is 0 Å². The van der Waals surface area contributed by atoms with Crippen LogP contribution in [0.3, 0.4) is 0 Å². The van der Waals surface area contributed by atoms with Gasteiger partial charge >= 0.3 is 0 Å². The van der Waals surface area contributed by atoms with Crippen molar-refractivity contribution in [2.45, 2.75) is 72.8 Å². The van der Waals surface area contributed by atoms with Crippen LogP contribution >= 0.6 is 0 Å². The maximum absolute atomic E-state index is 3.71. The number of rotatable bonds is 13. The summed E-state index contributed by atoms with van der Waals surface area (Å²) < 4.78 is 0. The van der Waals surface area contributed by atoms with Crippen molar-refractivity contribution < 1.29 is 0 Å². The van der Waals surface area contributed by atoms with E-state index in [0.29, 0.717) is 0 Å². The fourth-order valence-corrected chi connectivity index (χ4v) is 2.23. The predicted molar refractivity (Wildman–Crippen MR) is 91.2 cm³/mol. The molecule has 0 heterocycles. The zero-order valence-electron chi connectivity index (χ0n) is 14.9. The lowest BCUT2D eigenvalue weighted by atomic mass is 10.0. The highest BCUT2D eigenvalue weighted by Crippen LogP contribution is 2.08. The molecule has 0 radical (unpaired) electrons. The van der Waals surface area contributed by atoms with Crippen molar-refractivity contribution in [3.05, 3.63) is 0 Å². The molecule has 0 unspecified atom stereocenters. The molecule has 0 aliphatic carbocycles. The number of hydrogen-bond acceptors (Lipinski definition) is 3. The Morgan fingerprint density at radius 3 is 2.10 bits per heavy atom. The van der Waals surface area contributed by atoms with Crippen molar-refractivity contribution in [1.29, 1.82) is 0 Å². The number of hydrogen-bond donors (Lipinski definition) is 2. The summed E-state index contributed by atoms with van der Waals surface area (Å²) in [5.74, 6) is 0.797. The van der Waals surface area contributed by atoms with Crippen molar-refractivity contribution in [2.75, 3.05) is 32.8 Å². The molecule has 0 rings (SSSR count). The molecule has 3 nitrogen and oxygen atoms in total. The minimum absolute atomic E-state index is 0.213. The van der Waals surface area contributed by atoms with Crippen molar-refractivity contribution >= 4 is 0 Å². The van der Waals surface area contributed by atoms with Crippen LogP contribution in [-0.4, -0.2) is 43.3 Å². The molecule has 0 aliphatic rings. The SMILES string of the molecule is CCCN(CCC)CNC(C)(C)CCNCCC(C)C. The Kier molecular flexibility index (Phi) is 11.5. The van der Waals surface area contributed by atoms with Crippen LogP contribution < -0.4 is 10.6 Å². The minimum atomic E-state index is 0.213. The molecule has 0 aromatic carbocycles. The molecule has 3 heteroatoms. The average Bonchev–Trinajstić information content (AvgIpc) is 2.36. The van der Waals surface area contributed by atoms with Crippen LogP contribution in [0.25, 0.3) is 0 Å². The third-order valence-corrected chi connectivity index (χ3v) is 3.69. The molecule has 0 fully saturated rings. The molecule has 0 aromatic heterocycles. The van der Waals surface area contributed by atoms with Crippen molar-refractivity contribution in [1.82, 2.24) is 15.5 Å². The summed E-state index contributed by atoms with van der Waals surface area (Å²) in [7, 11) is 0. The van der Waals surface area contributed by atoms with Gasteiger partial charge in [-0.25, -0.2) is 0 Å². The average molecular weight is 286 g/mol. The molecule has 20 heavy (non-hydrogen) atoms. The molecule has 122 valence electrons. The highest BCUT2D eigenvalue weighted by atomic mass is 15.2. The summed E-state index contributed by atoms with van der Waals surface area (Å²) in [5, 5.41) is 7.27. The van der Waals surface area contributed by atoms with Crippen molar-refractivity contribution in [2.24, 2.45) is 5.92 Å². The highest BCUT2D eigenvalue weighted by molar-refractivity contribution is 4.78. The first kappa shape index (κ1) is 19.9. The first-order chi connectivity index (χ1) is 9.41. The molecule has 0 aromatic rings. The topological polar surface area (TPSA) is 27.3 Å². The minimum Gasteiger partial charge on any atom is -0.317 e. The van der Waals surface area contributed by atoms with Crippen LogP contribution in [0, 0.1) is 5.92 Å². The van der Waals surface area contributed by atoms with Gasteiger partial charge in [0, 0.05) is 12.2 Å². The van der Waals surface area contributed by atoms with Crippen molar-refractivity contribution in [3.8, 4) is 0 Å². The molecule has 0 saturated heterocycles. The Bertz CT molecular complexity index is 208. The van der Waals surface area contributed by atoms with E-state index in [1.807, 2.05) is 0 Å². The summed E-state index contributed by atoms with van der Waals surface area (Å²) >= 11 is 0. The third kappa shape index (κ3) is 11.7. The highest BCUT2D eigenvalue weighted by Gasteiger charge is 2.17. The number of nitrogens with zero attached hydrogens (tertiary/aromatic N) is 1. The molecule has 0 spiro atoms. The third-order valence-electron chi connectivity index (χ3n) is 3.69. The Balaban J connectivity index is 3.80. The second-order valence-corrected chi connectivity index (χ2v) is 7.02. The fraction of sp³-hybridized carbons (Fsp3) is 1.00. The van der Waals surface area contributed by atoms with E-state index in [0.717, 1.165) is 25.7 Å². The molecule has 0 amide bonds. The Hall–Kier alpha value is -0.120. The molecular weight excluding hydrogens is 246 g/mol. The monoisotopic (exact) mass is 285 g/mol. The van der Waals surface area contributed by atoms with Gasteiger partial charge in [-0.1, -0.05) is 27.7 Å². The molecule has 0 bridgehead atoms. The lowest BCUT2D eigenvalue weighted by Crippen LogP contribution is -2.47. The van der Waals surface area contributed by atoms with Gasteiger partial charge in [-0.2, -0.15) is 0 Å². The van der Waals surface area contributed by atoms with E-state index in [1.165, 1.54) is 38.8 Å². The van der Waals surface area contributed by atoms with Gasteiger partial charge in [-0.05, 0) is 71.6 Å². The first-order valence-electron chi connectivity index (χ1n) is 8.59. The maximum atomic E-state index is 3.71. The normalized spacial score (nSPS) is 12.6. The van der Waals surface area contributed by atoms with Gasteiger partial charge in [0.2, 0.25) is 0 Å². The van der Waals surface area contributed by atoms with Gasteiger partial charge in [0.05, 0.1) is 0 Å². The van der Waals surface area contributed by atoms with Gasteiger partial charge < -0.3 is 5.32 Å². The summed E-state index contributed by atoms with van der Waals surface area (Å²) in [6.45, 7) is 19.4. The Morgan fingerprint density at radius 2 is 1.60 bits per heavy atom. The lowest BCUT2D eigenvalue weighted by Gasteiger charge is -2.31. The van der Waals surface area contributed by atoms with Gasteiger partial charge in [-0.3, -0.25) is 10.2 Å². The largest absolute Gasteiger partial charge is 0.317 e. The van der Waals surface area contributed by atoms with Crippen LogP contribution in [0.1, 0.15) is 67.2 Å². The molecular formula is C17H39N3. The molecule has 2 N–H and O–H groups in total. The van der Waals surface area contributed by atoms with E-state index in [4.69, 9.17) is 0 Å². The second kappa shape index (κ2) is 11.5. The standard InChI is InChI=1S/C17H39N3/c1-7-13-20(14-8-2)15-19-17(5,6)10-12-18-11-9-16(3)4/h16,18-19H,7-15H2,1-6H3. The quantitative estimate of drug-likeness (QED) is 0.401. The first-order valence-corrected chi connectivity index (χ1v) is 8.59. The smallest absolute Gasteiger partial charge is 0.0484 e. The van der Waals surface area contributed by atoms with Gasteiger partial charge in [0.25, 0.3) is 0 Å². The summed E-state index contributed by atoms with van der Waals surface area (Å²) in [5.41, 5.74) is 0.213. The summed E-state index contributed by atoms with van der Waals surface area (Å²) in [6.07, 6.45) is 4.92. The second-order valence-electron chi connectivity index (χ2n) is 7.02. The Labute approximate surface area is 127 Å². The Morgan fingerprint density at radius 1 is 1.00 bits per heavy atom. The summed E-state index contributed by atoms with van der Waals surface area (Å²) in [4.78, 5) is 2.52. The van der Waals surface area contributed by atoms with Crippen LogP contribution in [0.15, 0.2) is 0 Å². The zero-order valence-corrected chi connectivity index (χ0v) is 14.9.